The minimum absolute atomic E-state index is 0.00163. The molecule has 3 aromatic carbocycles. The van der Waals surface area contributed by atoms with Gasteiger partial charge in [-0.25, -0.2) is 4.90 Å². The van der Waals surface area contributed by atoms with Crippen molar-refractivity contribution < 1.29 is 14.4 Å². The van der Waals surface area contributed by atoms with Crippen molar-refractivity contribution in [1.82, 2.24) is 4.90 Å². The summed E-state index contributed by atoms with van der Waals surface area (Å²) in [6.45, 7) is 1.55. The van der Waals surface area contributed by atoms with Crippen molar-refractivity contribution in [3.05, 3.63) is 101 Å². The van der Waals surface area contributed by atoms with Crippen molar-refractivity contribution in [1.29, 1.82) is 0 Å². The van der Waals surface area contributed by atoms with Gasteiger partial charge in [0.2, 0.25) is 11.8 Å². The second-order valence-electron chi connectivity index (χ2n) is 10.4. The molecule has 7 heteroatoms. The van der Waals surface area contributed by atoms with Crippen LogP contribution in [0.4, 0.5) is 5.69 Å². The number of amides is 3. The molecule has 5 nitrogen and oxygen atoms in total. The molecule has 5 aliphatic rings. The number of imide groups is 1. The average molecular weight is 620 g/mol. The van der Waals surface area contributed by atoms with Gasteiger partial charge in [-0.05, 0) is 65.8 Å². The smallest absolute Gasteiger partial charge is 0.253 e. The standard InChI is InChI=1S/C30H24Br2N2O3/c31-29-20-8-2-3-9-21(20)30(32,23-11-5-4-10-22(23)29)25-24(29)27(36)34(28(25)37)19-14-12-18(13-15-19)26(35)33-16-6-1-7-17-33/h2-5,8-15,24-25H,1,6-7,16-17H2/t24-,25+,29?,30?. The van der Waals surface area contributed by atoms with E-state index in [1.54, 1.807) is 24.3 Å². The van der Waals surface area contributed by atoms with Crippen LogP contribution >= 0.6 is 31.9 Å². The van der Waals surface area contributed by atoms with Crippen LogP contribution in [0.1, 0.15) is 51.9 Å². The van der Waals surface area contributed by atoms with Gasteiger partial charge in [0.05, 0.1) is 26.2 Å². The third kappa shape index (κ3) is 2.93. The Morgan fingerprint density at radius 3 is 1.54 bits per heavy atom. The molecular formula is C30H24Br2N2O3. The van der Waals surface area contributed by atoms with E-state index in [1.807, 2.05) is 53.4 Å². The fourth-order valence-electron chi connectivity index (χ4n) is 6.95. The van der Waals surface area contributed by atoms with Crippen LogP contribution in [0.25, 0.3) is 0 Å². The number of halogens is 2. The van der Waals surface area contributed by atoms with E-state index in [4.69, 9.17) is 0 Å². The summed E-state index contributed by atoms with van der Waals surface area (Å²) in [6, 6.07) is 23.1. The van der Waals surface area contributed by atoms with Crippen molar-refractivity contribution in [2.75, 3.05) is 18.0 Å². The fraction of sp³-hybridized carbons (Fsp3) is 0.300. The molecule has 0 aromatic heterocycles. The maximum Gasteiger partial charge on any atom is 0.253 e. The molecule has 186 valence electrons. The number of rotatable bonds is 2. The normalized spacial score (nSPS) is 29.7. The van der Waals surface area contributed by atoms with Crippen molar-refractivity contribution in [2.24, 2.45) is 11.8 Å². The molecule has 3 amide bonds. The maximum absolute atomic E-state index is 14.2. The quantitative estimate of drug-likeness (QED) is 0.272. The van der Waals surface area contributed by atoms with E-state index in [0.717, 1.165) is 54.6 Å². The van der Waals surface area contributed by atoms with Gasteiger partial charge in [-0.3, -0.25) is 14.4 Å². The Hall–Kier alpha value is -2.77. The number of nitrogens with zero attached hydrogens (tertiary/aromatic N) is 2. The van der Waals surface area contributed by atoms with Gasteiger partial charge in [0, 0.05) is 18.7 Å². The molecule has 3 aromatic rings. The third-order valence-corrected chi connectivity index (χ3v) is 11.3. The molecule has 0 radical (unpaired) electrons. The van der Waals surface area contributed by atoms with E-state index in [-0.39, 0.29) is 17.7 Å². The van der Waals surface area contributed by atoms with E-state index in [2.05, 4.69) is 31.9 Å². The number of carbonyl (C=O) groups is 3. The van der Waals surface area contributed by atoms with Crippen LogP contribution in [0.15, 0.2) is 72.8 Å². The van der Waals surface area contributed by atoms with Gasteiger partial charge < -0.3 is 4.90 Å². The number of carbonyl (C=O) groups excluding carboxylic acids is 3. The van der Waals surface area contributed by atoms with Crippen LogP contribution in [-0.4, -0.2) is 35.7 Å². The summed E-state index contributed by atoms with van der Waals surface area (Å²) in [5.74, 6) is -1.68. The monoisotopic (exact) mass is 618 g/mol. The summed E-state index contributed by atoms with van der Waals surface area (Å²) in [7, 11) is 0. The van der Waals surface area contributed by atoms with E-state index in [0.29, 0.717) is 11.3 Å². The summed E-state index contributed by atoms with van der Waals surface area (Å²) in [4.78, 5) is 44.5. The number of hydrogen-bond acceptors (Lipinski definition) is 3. The van der Waals surface area contributed by atoms with Crippen LogP contribution in [-0.2, 0) is 18.2 Å². The predicted molar refractivity (Wildman–Crippen MR) is 148 cm³/mol. The molecule has 2 aliphatic heterocycles. The zero-order valence-corrected chi connectivity index (χ0v) is 23.2. The molecule has 37 heavy (non-hydrogen) atoms. The average Bonchev–Trinajstić information content (AvgIpc) is 3.22. The molecule has 0 N–H and O–H groups in total. The maximum atomic E-state index is 14.2. The lowest BCUT2D eigenvalue weighted by atomic mass is 9.54. The Morgan fingerprint density at radius 2 is 1.11 bits per heavy atom. The Balaban J connectivity index is 1.31. The fourth-order valence-corrected chi connectivity index (χ4v) is 9.26. The number of anilines is 1. The summed E-state index contributed by atoms with van der Waals surface area (Å²) >= 11 is 8.07. The van der Waals surface area contributed by atoms with Gasteiger partial charge in [-0.1, -0.05) is 80.4 Å². The van der Waals surface area contributed by atoms with E-state index in [1.165, 1.54) is 4.90 Å². The minimum Gasteiger partial charge on any atom is -0.339 e. The first-order valence-electron chi connectivity index (χ1n) is 12.7. The highest BCUT2D eigenvalue weighted by Crippen LogP contribution is 2.70. The number of alkyl halides is 2. The van der Waals surface area contributed by atoms with Gasteiger partial charge in [-0.2, -0.15) is 0 Å². The van der Waals surface area contributed by atoms with Crippen LogP contribution in [0, 0.1) is 11.8 Å². The predicted octanol–water partition coefficient (Wildman–Crippen LogP) is 5.72. The van der Waals surface area contributed by atoms with Crippen molar-refractivity contribution in [3.63, 3.8) is 0 Å². The lowest BCUT2D eigenvalue weighted by molar-refractivity contribution is -0.122. The molecule has 2 fully saturated rings. The molecule has 2 heterocycles. The molecule has 8 rings (SSSR count). The summed E-state index contributed by atoms with van der Waals surface area (Å²) in [5, 5.41) is 0. The van der Waals surface area contributed by atoms with Crippen molar-refractivity contribution in [2.45, 2.75) is 27.9 Å². The molecule has 2 bridgehead atoms. The second-order valence-corrected chi connectivity index (χ2v) is 12.9. The Kier molecular flexibility index (Phi) is 5.12. The van der Waals surface area contributed by atoms with Crippen molar-refractivity contribution in [3.8, 4) is 0 Å². The number of piperidine rings is 1. The summed E-state index contributed by atoms with van der Waals surface area (Å²) in [6.07, 6.45) is 3.20. The van der Waals surface area contributed by atoms with Gasteiger partial charge in [0.25, 0.3) is 5.91 Å². The summed E-state index contributed by atoms with van der Waals surface area (Å²) in [5.41, 5.74) is 5.12. The molecule has 2 atom stereocenters. The highest BCUT2D eigenvalue weighted by atomic mass is 79.9. The highest BCUT2D eigenvalue weighted by molar-refractivity contribution is 9.10. The van der Waals surface area contributed by atoms with Gasteiger partial charge in [0.15, 0.2) is 0 Å². The number of benzene rings is 3. The zero-order valence-electron chi connectivity index (χ0n) is 20.0. The van der Waals surface area contributed by atoms with Gasteiger partial charge in [0.1, 0.15) is 0 Å². The first kappa shape index (κ1) is 23.4. The molecule has 0 unspecified atom stereocenters. The van der Waals surface area contributed by atoms with Crippen LogP contribution in [0.5, 0.6) is 0 Å². The second kappa shape index (κ2) is 8.11. The van der Waals surface area contributed by atoms with Crippen molar-refractivity contribution >= 4 is 55.3 Å². The molecule has 0 saturated carbocycles. The minimum atomic E-state index is -0.813. The lowest BCUT2D eigenvalue weighted by Crippen LogP contribution is -2.56. The van der Waals surface area contributed by atoms with Crippen LogP contribution in [0.2, 0.25) is 0 Å². The number of likely N-dealkylation sites (tertiary alicyclic amines) is 1. The highest BCUT2D eigenvalue weighted by Gasteiger charge is 2.72. The largest absolute Gasteiger partial charge is 0.339 e. The van der Waals surface area contributed by atoms with Gasteiger partial charge >= 0.3 is 0 Å². The topological polar surface area (TPSA) is 57.7 Å². The Labute approximate surface area is 232 Å². The first-order valence-corrected chi connectivity index (χ1v) is 14.3. The SMILES string of the molecule is O=C(c1ccc(N2C(=O)[C@@H]3[C@H](C2=O)C2(Br)c4ccccc4C3(Br)c3ccccc32)cc1)N1CCCCC1. The van der Waals surface area contributed by atoms with E-state index >= 15 is 0 Å². The van der Waals surface area contributed by atoms with Gasteiger partial charge in [-0.15, -0.1) is 0 Å². The number of hydrogen-bond donors (Lipinski definition) is 0. The van der Waals surface area contributed by atoms with Crippen LogP contribution < -0.4 is 4.90 Å². The van der Waals surface area contributed by atoms with Crippen LogP contribution in [0.3, 0.4) is 0 Å². The first-order chi connectivity index (χ1) is 17.9. The summed E-state index contributed by atoms with van der Waals surface area (Å²) < 4.78 is -1.63. The molecule has 2 saturated heterocycles. The molecule has 3 aliphatic carbocycles. The zero-order chi connectivity index (χ0) is 25.5. The third-order valence-electron chi connectivity index (χ3n) is 8.60. The Bertz CT molecular complexity index is 1360. The molecule has 0 spiro atoms. The molecular weight excluding hydrogens is 596 g/mol. The van der Waals surface area contributed by atoms with E-state index < -0.39 is 20.5 Å². The van der Waals surface area contributed by atoms with E-state index in [9.17, 15) is 14.4 Å². The Morgan fingerprint density at radius 1 is 0.676 bits per heavy atom. The lowest BCUT2D eigenvalue weighted by Gasteiger charge is -2.55.